The summed E-state index contributed by atoms with van der Waals surface area (Å²) in [5.74, 6) is 5.60. The van der Waals surface area contributed by atoms with Gasteiger partial charge in [-0.05, 0) is 17.2 Å². The molecule has 82 valence electrons. The van der Waals surface area contributed by atoms with Gasteiger partial charge >= 0.3 is 0 Å². The number of halogens is 1. The smallest absolute Gasteiger partial charge is 0.0724 e. The minimum absolute atomic E-state index is 0.0742. The fourth-order valence-electron chi connectivity index (χ4n) is 1.72. The molecule has 1 unspecified atom stereocenters. The number of hydrogen-bond donors (Lipinski definition) is 2. The Morgan fingerprint density at radius 1 is 0.938 bits per heavy atom. The molecule has 0 aliphatic carbocycles. The molecule has 1 atom stereocenters. The van der Waals surface area contributed by atoms with E-state index >= 15 is 0 Å². The molecule has 0 spiro atoms. The van der Waals surface area contributed by atoms with Crippen molar-refractivity contribution in [3.63, 3.8) is 0 Å². The van der Waals surface area contributed by atoms with E-state index in [9.17, 15) is 0 Å². The van der Waals surface area contributed by atoms with Gasteiger partial charge in [-0.1, -0.05) is 60.1 Å². The van der Waals surface area contributed by atoms with Crippen LogP contribution in [0, 0.1) is 0 Å². The summed E-state index contributed by atoms with van der Waals surface area (Å²) in [7, 11) is 0. The first-order valence-corrected chi connectivity index (χ1v) is 5.46. The Hall–Kier alpha value is -1.35. The lowest BCUT2D eigenvalue weighted by Gasteiger charge is -2.17. The van der Waals surface area contributed by atoms with E-state index in [4.69, 9.17) is 17.4 Å². The van der Waals surface area contributed by atoms with Gasteiger partial charge in [-0.2, -0.15) is 0 Å². The summed E-state index contributed by atoms with van der Waals surface area (Å²) in [5, 5.41) is 0.717. The maximum absolute atomic E-state index is 6.15. The Bertz CT molecular complexity index is 456. The van der Waals surface area contributed by atoms with Crippen LogP contribution in [0.1, 0.15) is 17.2 Å². The molecule has 0 saturated carbocycles. The van der Waals surface area contributed by atoms with Gasteiger partial charge in [0, 0.05) is 5.02 Å². The molecule has 0 aliphatic rings. The highest BCUT2D eigenvalue weighted by Crippen LogP contribution is 2.27. The average molecular weight is 233 g/mol. The molecular weight excluding hydrogens is 220 g/mol. The van der Waals surface area contributed by atoms with Gasteiger partial charge in [0.25, 0.3) is 0 Å². The fourth-order valence-corrected chi connectivity index (χ4v) is 1.97. The molecule has 0 saturated heterocycles. The van der Waals surface area contributed by atoms with Crippen LogP contribution in [0.4, 0.5) is 0 Å². The van der Waals surface area contributed by atoms with Crippen molar-refractivity contribution in [1.82, 2.24) is 5.43 Å². The normalized spacial score (nSPS) is 12.4. The number of nitrogens with one attached hydrogen (secondary N) is 1. The van der Waals surface area contributed by atoms with Crippen molar-refractivity contribution in [1.29, 1.82) is 0 Å². The van der Waals surface area contributed by atoms with Crippen LogP contribution in [0.2, 0.25) is 5.02 Å². The first-order valence-electron chi connectivity index (χ1n) is 5.08. The Kier molecular flexibility index (Phi) is 3.57. The largest absolute Gasteiger partial charge is 0.271 e. The van der Waals surface area contributed by atoms with Crippen molar-refractivity contribution < 1.29 is 0 Å². The van der Waals surface area contributed by atoms with Gasteiger partial charge in [-0.15, -0.1) is 0 Å². The summed E-state index contributed by atoms with van der Waals surface area (Å²) in [6, 6.07) is 17.6. The Morgan fingerprint density at radius 2 is 1.56 bits per heavy atom. The SMILES string of the molecule is NNC(c1ccccc1)c1ccccc1Cl. The van der Waals surface area contributed by atoms with Gasteiger partial charge in [-0.3, -0.25) is 5.84 Å². The van der Waals surface area contributed by atoms with Crippen molar-refractivity contribution in [2.75, 3.05) is 0 Å². The highest BCUT2D eigenvalue weighted by atomic mass is 35.5. The molecule has 0 aliphatic heterocycles. The van der Waals surface area contributed by atoms with Crippen LogP contribution in [-0.4, -0.2) is 0 Å². The topological polar surface area (TPSA) is 38.0 Å². The minimum atomic E-state index is -0.0742. The molecule has 0 fully saturated rings. The van der Waals surface area contributed by atoms with Gasteiger partial charge in [0.2, 0.25) is 0 Å². The first kappa shape index (κ1) is 11.1. The van der Waals surface area contributed by atoms with Crippen LogP contribution in [0.25, 0.3) is 0 Å². The number of hydrogen-bond acceptors (Lipinski definition) is 2. The second-order valence-electron chi connectivity index (χ2n) is 3.53. The molecule has 3 heteroatoms. The summed E-state index contributed by atoms with van der Waals surface area (Å²) in [6.45, 7) is 0. The maximum Gasteiger partial charge on any atom is 0.0724 e. The molecule has 16 heavy (non-hydrogen) atoms. The van der Waals surface area contributed by atoms with Crippen molar-refractivity contribution in [3.05, 3.63) is 70.7 Å². The van der Waals surface area contributed by atoms with Crippen LogP contribution in [0.15, 0.2) is 54.6 Å². The Morgan fingerprint density at radius 3 is 2.19 bits per heavy atom. The van der Waals surface area contributed by atoms with E-state index in [-0.39, 0.29) is 6.04 Å². The van der Waals surface area contributed by atoms with Crippen molar-refractivity contribution >= 4 is 11.6 Å². The third kappa shape index (κ3) is 2.25. The third-order valence-electron chi connectivity index (χ3n) is 2.52. The number of benzene rings is 2. The third-order valence-corrected chi connectivity index (χ3v) is 2.86. The summed E-state index contributed by atoms with van der Waals surface area (Å²) < 4.78 is 0. The van der Waals surface area contributed by atoms with E-state index in [1.807, 2.05) is 54.6 Å². The van der Waals surface area contributed by atoms with Gasteiger partial charge in [0.05, 0.1) is 6.04 Å². The van der Waals surface area contributed by atoms with Crippen LogP contribution in [0.5, 0.6) is 0 Å². The quantitative estimate of drug-likeness (QED) is 0.631. The molecule has 2 aromatic carbocycles. The summed E-state index contributed by atoms with van der Waals surface area (Å²) in [4.78, 5) is 0. The lowest BCUT2D eigenvalue weighted by atomic mass is 9.99. The van der Waals surface area contributed by atoms with Gasteiger partial charge in [0.15, 0.2) is 0 Å². The fraction of sp³-hybridized carbons (Fsp3) is 0.0769. The van der Waals surface area contributed by atoms with E-state index in [2.05, 4.69) is 5.43 Å². The molecule has 0 aromatic heterocycles. The van der Waals surface area contributed by atoms with E-state index in [1.165, 1.54) is 0 Å². The molecule has 3 N–H and O–H groups in total. The molecular formula is C13H13ClN2. The Balaban J connectivity index is 2.41. The number of nitrogens with two attached hydrogens (primary N) is 1. The average Bonchev–Trinajstić information content (AvgIpc) is 2.34. The number of rotatable bonds is 3. The molecule has 0 heterocycles. The lowest BCUT2D eigenvalue weighted by Crippen LogP contribution is -2.28. The molecule has 2 aromatic rings. The zero-order chi connectivity index (χ0) is 11.4. The molecule has 2 nitrogen and oxygen atoms in total. The van der Waals surface area contributed by atoms with Crippen LogP contribution in [0.3, 0.4) is 0 Å². The van der Waals surface area contributed by atoms with Crippen molar-refractivity contribution in [3.8, 4) is 0 Å². The van der Waals surface area contributed by atoms with Gasteiger partial charge in [-0.25, -0.2) is 5.43 Å². The van der Waals surface area contributed by atoms with Crippen LogP contribution >= 0.6 is 11.6 Å². The Labute approximate surface area is 100 Å². The van der Waals surface area contributed by atoms with E-state index in [0.29, 0.717) is 5.02 Å². The van der Waals surface area contributed by atoms with E-state index in [0.717, 1.165) is 11.1 Å². The molecule has 0 bridgehead atoms. The first-order chi connectivity index (χ1) is 7.83. The molecule has 0 radical (unpaired) electrons. The highest BCUT2D eigenvalue weighted by Gasteiger charge is 2.14. The predicted molar refractivity (Wildman–Crippen MR) is 67.1 cm³/mol. The minimum Gasteiger partial charge on any atom is -0.271 e. The standard InChI is InChI=1S/C13H13ClN2/c14-12-9-5-4-8-11(12)13(16-15)10-6-2-1-3-7-10/h1-9,13,16H,15H2. The van der Waals surface area contributed by atoms with Crippen LogP contribution in [-0.2, 0) is 0 Å². The van der Waals surface area contributed by atoms with E-state index in [1.54, 1.807) is 0 Å². The van der Waals surface area contributed by atoms with Crippen molar-refractivity contribution in [2.24, 2.45) is 5.84 Å². The molecule has 2 rings (SSSR count). The summed E-state index contributed by atoms with van der Waals surface area (Å²) in [5.41, 5.74) is 4.87. The number of hydrazine groups is 1. The zero-order valence-electron chi connectivity index (χ0n) is 8.73. The predicted octanol–water partition coefficient (Wildman–Crippen LogP) is 2.89. The second kappa shape index (κ2) is 5.12. The van der Waals surface area contributed by atoms with Crippen LogP contribution < -0.4 is 11.3 Å². The van der Waals surface area contributed by atoms with Crippen molar-refractivity contribution in [2.45, 2.75) is 6.04 Å². The molecule has 0 amide bonds. The van der Waals surface area contributed by atoms with Gasteiger partial charge < -0.3 is 0 Å². The highest BCUT2D eigenvalue weighted by molar-refractivity contribution is 6.31. The zero-order valence-corrected chi connectivity index (χ0v) is 9.48. The van der Waals surface area contributed by atoms with E-state index < -0.39 is 0 Å². The monoisotopic (exact) mass is 232 g/mol. The maximum atomic E-state index is 6.15. The van der Waals surface area contributed by atoms with Gasteiger partial charge in [0.1, 0.15) is 0 Å². The summed E-state index contributed by atoms with van der Waals surface area (Å²) in [6.07, 6.45) is 0. The lowest BCUT2D eigenvalue weighted by molar-refractivity contribution is 0.637. The second-order valence-corrected chi connectivity index (χ2v) is 3.94. The summed E-state index contributed by atoms with van der Waals surface area (Å²) >= 11 is 6.15.